The molecular weight excluding hydrogens is 242 g/mol. The van der Waals surface area contributed by atoms with Gasteiger partial charge in [0, 0.05) is 6.54 Å². The van der Waals surface area contributed by atoms with E-state index in [9.17, 15) is 8.42 Å². The van der Waals surface area contributed by atoms with E-state index in [-0.39, 0.29) is 18.4 Å². The van der Waals surface area contributed by atoms with E-state index >= 15 is 0 Å². The molecule has 17 heavy (non-hydrogen) atoms. The maximum atomic E-state index is 11.6. The van der Waals surface area contributed by atoms with Crippen molar-refractivity contribution >= 4 is 10.0 Å². The molecule has 1 unspecified atom stereocenters. The van der Waals surface area contributed by atoms with Gasteiger partial charge in [-0.3, -0.25) is 0 Å². The predicted molar refractivity (Wildman–Crippen MR) is 66.1 cm³/mol. The van der Waals surface area contributed by atoms with Gasteiger partial charge in [0.25, 0.3) is 0 Å². The van der Waals surface area contributed by atoms with E-state index < -0.39 is 15.8 Å². The lowest BCUT2D eigenvalue weighted by atomic mass is 10.2. The lowest BCUT2D eigenvalue weighted by molar-refractivity contribution is -0.137. The topological polar surface area (TPSA) is 64.6 Å². The molecule has 0 spiro atoms. The molecule has 5 nitrogen and oxygen atoms in total. The van der Waals surface area contributed by atoms with Crippen LogP contribution in [0, 0.1) is 5.92 Å². The fraction of sp³-hybridized carbons (Fsp3) is 1.00. The summed E-state index contributed by atoms with van der Waals surface area (Å²) in [6, 6.07) is 0. The molecular formula is C11H23NO4S. The van der Waals surface area contributed by atoms with Crippen LogP contribution in [0.3, 0.4) is 0 Å². The Morgan fingerprint density at radius 3 is 2.53 bits per heavy atom. The molecule has 1 saturated heterocycles. The second kappa shape index (κ2) is 5.65. The van der Waals surface area contributed by atoms with Gasteiger partial charge in [0.05, 0.1) is 18.5 Å². The highest BCUT2D eigenvalue weighted by Gasteiger charge is 2.33. The van der Waals surface area contributed by atoms with Crippen LogP contribution in [-0.4, -0.2) is 39.2 Å². The normalized spacial score (nSPS) is 24.4. The van der Waals surface area contributed by atoms with Crippen LogP contribution in [0.2, 0.25) is 0 Å². The van der Waals surface area contributed by atoms with Crippen molar-refractivity contribution in [3.05, 3.63) is 0 Å². The largest absolute Gasteiger partial charge is 0.348 e. The average molecular weight is 265 g/mol. The molecule has 0 saturated carbocycles. The fourth-order valence-electron chi connectivity index (χ4n) is 1.55. The van der Waals surface area contributed by atoms with Crippen LogP contribution < -0.4 is 4.72 Å². The Balaban J connectivity index is 2.31. The highest BCUT2D eigenvalue weighted by Crippen LogP contribution is 2.21. The average Bonchev–Trinajstić information content (AvgIpc) is 2.53. The third-order valence-electron chi connectivity index (χ3n) is 2.56. The van der Waals surface area contributed by atoms with E-state index in [4.69, 9.17) is 9.47 Å². The van der Waals surface area contributed by atoms with E-state index in [0.29, 0.717) is 18.9 Å². The molecule has 1 heterocycles. The highest BCUT2D eigenvalue weighted by molar-refractivity contribution is 7.89. The number of rotatable bonds is 6. The molecule has 1 aliphatic heterocycles. The Hall–Kier alpha value is -0.170. The summed E-state index contributed by atoms with van der Waals surface area (Å²) in [4.78, 5) is 0. The van der Waals surface area contributed by atoms with Gasteiger partial charge < -0.3 is 9.47 Å². The van der Waals surface area contributed by atoms with Crippen molar-refractivity contribution in [3.63, 3.8) is 0 Å². The molecule has 1 fully saturated rings. The lowest BCUT2D eigenvalue weighted by Crippen LogP contribution is -2.35. The number of hydrogen-bond donors (Lipinski definition) is 1. The van der Waals surface area contributed by atoms with Gasteiger partial charge in [-0.15, -0.1) is 0 Å². The smallest absolute Gasteiger partial charge is 0.211 e. The minimum Gasteiger partial charge on any atom is -0.348 e. The van der Waals surface area contributed by atoms with Gasteiger partial charge in [-0.1, -0.05) is 13.8 Å². The first kappa shape index (κ1) is 14.9. The standard InChI is InChI=1S/C11H23NO4S/c1-9(2)5-6-17(13,14)12-7-10-8-15-11(3,4)16-10/h9-10,12H,5-8H2,1-4H3. The van der Waals surface area contributed by atoms with E-state index in [0.717, 1.165) is 0 Å². The van der Waals surface area contributed by atoms with Crippen LogP contribution in [0.15, 0.2) is 0 Å². The fourth-order valence-corrected chi connectivity index (χ4v) is 2.91. The molecule has 1 atom stereocenters. The van der Waals surface area contributed by atoms with Crippen molar-refractivity contribution in [1.82, 2.24) is 4.72 Å². The van der Waals surface area contributed by atoms with Crippen molar-refractivity contribution in [2.75, 3.05) is 18.9 Å². The molecule has 0 bridgehead atoms. The van der Waals surface area contributed by atoms with Crippen LogP contribution >= 0.6 is 0 Å². The quantitative estimate of drug-likeness (QED) is 0.781. The summed E-state index contributed by atoms with van der Waals surface area (Å²) in [7, 11) is -3.19. The van der Waals surface area contributed by atoms with Gasteiger partial charge in [-0.25, -0.2) is 13.1 Å². The molecule has 0 aliphatic carbocycles. The monoisotopic (exact) mass is 265 g/mol. The van der Waals surface area contributed by atoms with Gasteiger partial charge in [0.15, 0.2) is 5.79 Å². The minimum atomic E-state index is -3.19. The van der Waals surface area contributed by atoms with Crippen molar-refractivity contribution in [2.45, 2.75) is 46.0 Å². The van der Waals surface area contributed by atoms with Crippen LogP contribution in [0.5, 0.6) is 0 Å². The predicted octanol–water partition coefficient (Wildman–Crippen LogP) is 1.10. The van der Waals surface area contributed by atoms with E-state index in [1.165, 1.54) is 0 Å². The molecule has 0 aromatic carbocycles. The number of sulfonamides is 1. The zero-order chi connectivity index (χ0) is 13.1. The first-order chi connectivity index (χ1) is 7.70. The van der Waals surface area contributed by atoms with Gasteiger partial charge in [0.1, 0.15) is 0 Å². The van der Waals surface area contributed by atoms with Gasteiger partial charge in [-0.2, -0.15) is 0 Å². The van der Waals surface area contributed by atoms with Gasteiger partial charge in [0.2, 0.25) is 10.0 Å². The van der Waals surface area contributed by atoms with E-state index in [1.54, 1.807) is 0 Å². The number of nitrogens with one attached hydrogen (secondary N) is 1. The Kier molecular flexibility index (Phi) is 4.95. The summed E-state index contributed by atoms with van der Waals surface area (Å²) < 4.78 is 36.7. The first-order valence-electron chi connectivity index (χ1n) is 5.99. The summed E-state index contributed by atoms with van der Waals surface area (Å²) in [6.07, 6.45) is 0.474. The zero-order valence-corrected chi connectivity index (χ0v) is 11.8. The van der Waals surface area contributed by atoms with Crippen LogP contribution in [0.1, 0.15) is 34.1 Å². The molecule has 6 heteroatoms. The Labute approximate surface area is 104 Å². The zero-order valence-electron chi connectivity index (χ0n) is 11.0. The van der Waals surface area contributed by atoms with Gasteiger partial charge >= 0.3 is 0 Å². The van der Waals surface area contributed by atoms with Gasteiger partial charge in [-0.05, 0) is 26.2 Å². The van der Waals surface area contributed by atoms with Crippen molar-refractivity contribution in [1.29, 1.82) is 0 Å². The van der Waals surface area contributed by atoms with Crippen LogP contribution in [-0.2, 0) is 19.5 Å². The third kappa shape index (κ3) is 5.81. The number of hydrogen-bond acceptors (Lipinski definition) is 4. The Morgan fingerprint density at radius 1 is 1.41 bits per heavy atom. The van der Waals surface area contributed by atoms with Crippen molar-refractivity contribution in [3.8, 4) is 0 Å². The lowest BCUT2D eigenvalue weighted by Gasteiger charge is -2.17. The SMILES string of the molecule is CC(C)CCS(=O)(=O)NCC1COC(C)(C)O1. The Morgan fingerprint density at radius 2 is 2.06 bits per heavy atom. The van der Waals surface area contributed by atoms with Crippen LogP contribution in [0.4, 0.5) is 0 Å². The summed E-state index contributed by atoms with van der Waals surface area (Å²) in [5.74, 6) is -0.0491. The second-order valence-corrected chi connectivity index (χ2v) is 7.23. The highest BCUT2D eigenvalue weighted by atomic mass is 32.2. The molecule has 1 aliphatic rings. The third-order valence-corrected chi connectivity index (χ3v) is 3.94. The molecule has 0 aromatic heterocycles. The molecule has 1 N–H and O–H groups in total. The van der Waals surface area contributed by atoms with Crippen molar-refractivity contribution < 1.29 is 17.9 Å². The Bertz CT molecular complexity index is 337. The van der Waals surface area contributed by atoms with Crippen LogP contribution in [0.25, 0.3) is 0 Å². The minimum absolute atomic E-state index is 0.168. The summed E-state index contributed by atoms with van der Waals surface area (Å²) in [5.41, 5.74) is 0. The molecule has 0 amide bonds. The number of ether oxygens (including phenoxy) is 2. The summed E-state index contributed by atoms with van der Waals surface area (Å²) >= 11 is 0. The van der Waals surface area contributed by atoms with E-state index in [2.05, 4.69) is 4.72 Å². The maximum absolute atomic E-state index is 11.6. The maximum Gasteiger partial charge on any atom is 0.211 e. The first-order valence-corrected chi connectivity index (χ1v) is 7.64. The van der Waals surface area contributed by atoms with E-state index in [1.807, 2.05) is 27.7 Å². The molecule has 0 aromatic rings. The molecule has 102 valence electrons. The summed E-state index contributed by atoms with van der Waals surface area (Å²) in [5, 5.41) is 0. The summed E-state index contributed by atoms with van der Waals surface area (Å²) in [6.45, 7) is 8.36. The molecule has 1 rings (SSSR count). The van der Waals surface area contributed by atoms with Crippen molar-refractivity contribution in [2.24, 2.45) is 5.92 Å². The molecule has 0 radical (unpaired) electrons. The second-order valence-electron chi connectivity index (χ2n) is 5.30.